The molecule has 0 N–H and O–H groups in total. The molecule has 0 amide bonds. The van der Waals surface area contributed by atoms with Crippen LogP contribution in [0.2, 0.25) is 0 Å². The highest BCUT2D eigenvalue weighted by Crippen LogP contribution is 2.46. The van der Waals surface area contributed by atoms with Gasteiger partial charge in [-0.1, -0.05) is 77.3 Å². The second kappa shape index (κ2) is 7.64. The molecule has 0 bridgehead atoms. The van der Waals surface area contributed by atoms with E-state index in [9.17, 15) is 0 Å². The van der Waals surface area contributed by atoms with E-state index >= 15 is 0 Å². The lowest BCUT2D eigenvalue weighted by atomic mass is 9.72. The van der Waals surface area contributed by atoms with Gasteiger partial charge >= 0.3 is 0 Å². The van der Waals surface area contributed by atoms with E-state index in [2.05, 4.69) is 87.2 Å². The van der Waals surface area contributed by atoms with E-state index < -0.39 is 0 Å². The van der Waals surface area contributed by atoms with Crippen molar-refractivity contribution < 1.29 is 0 Å². The average molecular weight is 336 g/mol. The Hall–Kier alpha value is -1.76. The second-order valence-electron chi connectivity index (χ2n) is 8.24. The Kier molecular flexibility index (Phi) is 5.51. The maximum Gasteiger partial charge on any atom is 0.0474 e. The van der Waals surface area contributed by atoms with Gasteiger partial charge in [0.05, 0.1) is 0 Å². The minimum atomic E-state index is 0.221. The fourth-order valence-corrected chi connectivity index (χ4v) is 4.47. The molecule has 3 rings (SSSR count). The first-order valence-electron chi connectivity index (χ1n) is 10.00. The maximum absolute atomic E-state index is 2.65. The Morgan fingerprint density at radius 3 is 1.80 bits per heavy atom. The molecule has 0 aliphatic heterocycles. The lowest BCUT2D eigenvalue weighted by Gasteiger charge is -2.51. The Morgan fingerprint density at radius 2 is 1.28 bits per heavy atom. The molecule has 0 atom stereocenters. The van der Waals surface area contributed by atoms with Crippen LogP contribution in [-0.4, -0.2) is 5.54 Å². The zero-order valence-electron chi connectivity index (χ0n) is 16.3. The average Bonchev–Trinajstić information content (AvgIpc) is 2.64. The molecule has 134 valence electrons. The van der Waals surface area contributed by atoms with Crippen LogP contribution in [-0.2, 0) is 0 Å². The third-order valence-corrected chi connectivity index (χ3v) is 6.07. The van der Waals surface area contributed by atoms with Crippen molar-refractivity contribution >= 4 is 11.4 Å². The van der Waals surface area contributed by atoms with E-state index in [-0.39, 0.29) is 5.54 Å². The normalized spacial score (nSPS) is 17.0. The first-order chi connectivity index (χ1) is 12.0. The summed E-state index contributed by atoms with van der Waals surface area (Å²) in [6.07, 6.45) is 6.62. The van der Waals surface area contributed by atoms with Gasteiger partial charge in [0.2, 0.25) is 0 Å². The SMILES string of the molecule is CC(C)c1ccc(N(c2ccccc2)C2(C(C)C)CCCCC2)cc1. The topological polar surface area (TPSA) is 3.24 Å². The fraction of sp³-hybridized carbons (Fsp3) is 0.500. The van der Waals surface area contributed by atoms with Gasteiger partial charge in [-0.05, 0) is 54.5 Å². The molecular weight excluding hydrogens is 302 g/mol. The van der Waals surface area contributed by atoms with Gasteiger partial charge in [0.15, 0.2) is 0 Å². The Balaban J connectivity index is 2.09. The van der Waals surface area contributed by atoms with Gasteiger partial charge in [0.25, 0.3) is 0 Å². The highest BCUT2D eigenvalue weighted by molar-refractivity contribution is 5.66. The summed E-state index contributed by atoms with van der Waals surface area (Å²) in [6.45, 7) is 9.34. The van der Waals surface area contributed by atoms with Crippen LogP contribution >= 0.6 is 0 Å². The van der Waals surface area contributed by atoms with E-state index in [4.69, 9.17) is 0 Å². The fourth-order valence-electron chi connectivity index (χ4n) is 4.47. The summed E-state index contributed by atoms with van der Waals surface area (Å²) in [5, 5.41) is 0. The van der Waals surface area contributed by atoms with Crippen LogP contribution in [0.3, 0.4) is 0 Å². The van der Waals surface area contributed by atoms with Crippen molar-refractivity contribution in [2.75, 3.05) is 4.90 Å². The Bertz CT molecular complexity index is 648. The van der Waals surface area contributed by atoms with Crippen LogP contribution in [0.25, 0.3) is 0 Å². The van der Waals surface area contributed by atoms with E-state index in [0.29, 0.717) is 11.8 Å². The molecule has 1 saturated carbocycles. The van der Waals surface area contributed by atoms with Gasteiger partial charge in [-0.25, -0.2) is 0 Å². The minimum Gasteiger partial charge on any atom is -0.335 e. The minimum absolute atomic E-state index is 0.221. The summed E-state index contributed by atoms with van der Waals surface area (Å²) in [5.41, 5.74) is 4.31. The molecular formula is C24H33N. The summed E-state index contributed by atoms with van der Waals surface area (Å²) >= 11 is 0. The van der Waals surface area contributed by atoms with Crippen LogP contribution in [0.1, 0.15) is 71.3 Å². The third kappa shape index (κ3) is 3.61. The Morgan fingerprint density at radius 1 is 0.720 bits per heavy atom. The van der Waals surface area contributed by atoms with Crippen molar-refractivity contribution in [3.63, 3.8) is 0 Å². The van der Waals surface area contributed by atoms with Crippen LogP contribution in [0, 0.1) is 5.92 Å². The van der Waals surface area contributed by atoms with Gasteiger partial charge in [-0.3, -0.25) is 0 Å². The zero-order chi connectivity index (χ0) is 17.9. The summed E-state index contributed by atoms with van der Waals surface area (Å²) in [7, 11) is 0. The van der Waals surface area contributed by atoms with Crippen molar-refractivity contribution in [1.29, 1.82) is 0 Å². The Labute approximate surface area is 154 Å². The lowest BCUT2D eigenvalue weighted by molar-refractivity contribution is 0.219. The standard InChI is InChI=1S/C24H33N/c1-19(2)21-13-15-23(16-14-21)25(22-11-7-5-8-12-22)24(20(3)4)17-9-6-10-18-24/h5,7-8,11-16,19-20H,6,9-10,17-18H2,1-4H3. The van der Waals surface area contributed by atoms with Crippen molar-refractivity contribution in [3.05, 3.63) is 60.2 Å². The number of rotatable bonds is 5. The van der Waals surface area contributed by atoms with Gasteiger partial charge < -0.3 is 4.90 Å². The quantitative estimate of drug-likeness (QED) is 0.554. The van der Waals surface area contributed by atoms with Gasteiger partial charge in [0.1, 0.15) is 0 Å². The molecule has 0 heterocycles. The van der Waals surface area contributed by atoms with Gasteiger partial charge in [-0.2, -0.15) is 0 Å². The monoisotopic (exact) mass is 335 g/mol. The number of anilines is 2. The van der Waals surface area contributed by atoms with Gasteiger partial charge in [0, 0.05) is 16.9 Å². The predicted octanol–water partition coefficient (Wildman–Crippen LogP) is 7.31. The molecule has 1 aliphatic carbocycles. The zero-order valence-corrected chi connectivity index (χ0v) is 16.3. The first kappa shape index (κ1) is 18.0. The van der Waals surface area contributed by atoms with E-state index in [1.807, 2.05) is 0 Å². The molecule has 1 heteroatoms. The lowest BCUT2D eigenvalue weighted by Crippen LogP contribution is -2.51. The third-order valence-electron chi connectivity index (χ3n) is 6.07. The summed E-state index contributed by atoms with van der Waals surface area (Å²) < 4.78 is 0. The summed E-state index contributed by atoms with van der Waals surface area (Å²) in [4.78, 5) is 2.65. The highest BCUT2D eigenvalue weighted by Gasteiger charge is 2.41. The van der Waals surface area contributed by atoms with Crippen molar-refractivity contribution in [1.82, 2.24) is 0 Å². The number of hydrogen-bond acceptors (Lipinski definition) is 1. The van der Waals surface area contributed by atoms with Crippen molar-refractivity contribution in [3.8, 4) is 0 Å². The van der Waals surface area contributed by atoms with Gasteiger partial charge in [-0.15, -0.1) is 0 Å². The molecule has 2 aromatic rings. The van der Waals surface area contributed by atoms with E-state index in [1.165, 1.54) is 49.0 Å². The highest BCUT2D eigenvalue weighted by atomic mass is 15.2. The van der Waals surface area contributed by atoms with E-state index in [0.717, 1.165) is 0 Å². The molecule has 1 nitrogen and oxygen atoms in total. The smallest absolute Gasteiger partial charge is 0.0474 e. The predicted molar refractivity (Wildman–Crippen MR) is 110 cm³/mol. The number of benzene rings is 2. The number of nitrogens with zero attached hydrogens (tertiary/aromatic N) is 1. The van der Waals surface area contributed by atoms with Crippen LogP contribution in [0.4, 0.5) is 11.4 Å². The largest absolute Gasteiger partial charge is 0.335 e. The molecule has 0 saturated heterocycles. The molecule has 0 unspecified atom stereocenters. The van der Waals surface area contributed by atoms with Crippen LogP contribution in [0.15, 0.2) is 54.6 Å². The van der Waals surface area contributed by atoms with Crippen molar-refractivity contribution in [2.24, 2.45) is 5.92 Å². The molecule has 2 aromatic carbocycles. The van der Waals surface area contributed by atoms with Crippen LogP contribution < -0.4 is 4.90 Å². The summed E-state index contributed by atoms with van der Waals surface area (Å²) in [5.74, 6) is 1.20. The molecule has 0 radical (unpaired) electrons. The molecule has 25 heavy (non-hydrogen) atoms. The first-order valence-corrected chi connectivity index (χ1v) is 10.00. The van der Waals surface area contributed by atoms with Crippen molar-refractivity contribution in [2.45, 2.75) is 71.3 Å². The second-order valence-corrected chi connectivity index (χ2v) is 8.24. The van der Waals surface area contributed by atoms with E-state index in [1.54, 1.807) is 0 Å². The number of hydrogen-bond donors (Lipinski definition) is 0. The maximum atomic E-state index is 2.65. The number of para-hydroxylation sites is 1. The molecule has 1 aliphatic rings. The molecule has 1 fully saturated rings. The van der Waals surface area contributed by atoms with Crippen LogP contribution in [0.5, 0.6) is 0 Å². The summed E-state index contributed by atoms with van der Waals surface area (Å²) in [6, 6.07) is 20.3. The molecule has 0 spiro atoms. The molecule has 0 aromatic heterocycles.